The van der Waals surface area contributed by atoms with Gasteiger partial charge in [-0.3, -0.25) is 4.79 Å². The van der Waals surface area contributed by atoms with E-state index in [0.29, 0.717) is 35.6 Å². The van der Waals surface area contributed by atoms with Gasteiger partial charge < -0.3 is 16.2 Å². The summed E-state index contributed by atoms with van der Waals surface area (Å²) in [5, 5.41) is 13.3. The number of aliphatic hydroxyl groups is 1. The third kappa shape index (κ3) is 4.19. The number of anilines is 1. The average Bonchev–Trinajstić information content (AvgIpc) is 2.67. The van der Waals surface area contributed by atoms with Gasteiger partial charge in [-0.2, -0.15) is 0 Å². The number of carbonyl (C=O) groups excluding carboxylic acids is 1. The quantitative estimate of drug-likeness (QED) is 0.721. The van der Waals surface area contributed by atoms with Gasteiger partial charge in [0.15, 0.2) is 0 Å². The third-order valence-corrected chi connectivity index (χ3v) is 5.06. The lowest BCUT2D eigenvalue weighted by Gasteiger charge is -2.26. The summed E-state index contributed by atoms with van der Waals surface area (Å²) in [6.07, 6.45) is 10.4. The first-order valence-corrected chi connectivity index (χ1v) is 8.72. The molecule has 2 saturated carbocycles. The Hall–Kier alpha value is -1.69. The topological polar surface area (TPSA) is 101 Å². The normalized spacial score (nSPS) is 25.4. The fraction of sp³-hybridized carbons (Fsp3) is 0.706. The number of nitrogens with two attached hydrogens (primary N) is 1. The first-order valence-electron chi connectivity index (χ1n) is 8.72. The number of aromatic nitrogens is 2. The van der Waals surface area contributed by atoms with Crippen LogP contribution < -0.4 is 11.1 Å². The van der Waals surface area contributed by atoms with E-state index in [0.717, 1.165) is 44.9 Å². The molecule has 126 valence electrons. The van der Waals surface area contributed by atoms with Crippen molar-refractivity contribution >= 4 is 11.9 Å². The molecule has 0 spiro atoms. The lowest BCUT2D eigenvalue weighted by atomic mass is 9.92. The minimum absolute atomic E-state index is 0.242. The average molecular weight is 318 g/mol. The molecule has 0 saturated heterocycles. The van der Waals surface area contributed by atoms with Gasteiger partial charge in [0.25, 0.3) is 5.91 Å². The zero-order valence-electron chi connectivity index (χ0n) is 13.5. The molecule has 6 nitrogen and oxygen atoms in total. The molecule has 2 atom stereocenters. The number of nitrogens with one attached hydrogen (secondary N) is 1. The molecule has 0 aromatic carbocycles. The van der Waals surface area contributed by atoms with Gasteiger partial charge in [0.1, 0.15) is 0 Å². The summed E-state index contributed by atoms with van der Waals surface area (Å²) >= 11 is 0. The van der Waals surface area contributed by atoms with E-state index in [1.54, 1.807) is 6.20 Å². The van der Waals surface area contributed by atoms with Gasteiger partial charge in [-0.25, -0.2) is 9.97 Å². The number of hydrogen-bond acceptors (Lipinski definition) is 5. The van der Waals surface area contributed by atoms with Gasteiger partial charge in [-0.05, 0) is 50.9 Å². The summed E-state index contributed by atoms with van der Waals surface area (Å²) in [6, 6.07) is 0.446. The number of primary amides is 1. The Morgan fingerprint density at radius 2 is 2.04 bits per heavy atom. The van der Waals surface area contributed by atoms with Gasteiger partial charge >= 0.3 is 0 Å². The number of hydrogen-bond donors (Lipinski definition) is 3. The van der Waals surface area contributed by atoms with Gasteiger partial charge in [-0.15, -0.1) is 0 Å². The van der Waals surface area contributed by atoms with Crippen molar-refractivity contribution in [1.82, 2.24) is 9.97 Å². The second kappa shape index (κ2) is 7.25. The van der Waals surface area contributed by atoms with Crippen LogP contribution in [-0.4, -0.2) is 33.1 Å². The molecule has 2 aliphatic rings. The van der Waals surface area contributed by atoms with Gasteiger partial charge in [0.2, 0.25) is 5.95 Å². The number of nitrogens with zero attached hydrogens (tertiary/aromatic N) is 2. The van der Waals surface area contributed by atoms with E-state index >= 15 is 0 Å². The molecule has 1 aromatic rings. The molecule has 6 heteroatoms. The van der Waals surface area contributed by atoms with Crippen molar-refractivity contribution in [2.75, 3.05) is 5.32 Å². The lowest BCUT2D eigenvalue weighted by Crippen LogP contribution is -2.28. The molecule has 23 heavy (non-hydrogen) atoms. The summed E-state index contributed by atoms with van der Waals surface area (Å²) in [5.41, 5.74) is 6.60. The lowest BCUT2D eigenvalue weighted by molar-refractivity contribution is 0.0998. The number of carbonyl (C=O) groups is 1. The standard InChI is InChI=1S/C17H26N4O2/c18-16(23)14-10-19-17(20-12-5-3-6-12)21-15(14)9-11-4-1-2-7-13(22)8-11/h10-13,22H,1-9H2,(H2,18,23)(H,19,20,21)/t11-,13+/m1/s1. The number of amides is 1. The van der Waals surface area contributed by atoms with E-state index in [2.05, 4.69) is 15.3 Å². The minimum atomic E-state index is -0.482. The smallest absolute Gasteiger partial charge is 0.252 e. The van der Waals surface area contributed by atoms with Gasteiger partial charge in [0.05, 0.1) is 17.4 Å². The maximum Gasteiger partial charge on any atom is 0.252 e. The van der Waals surface area contributed by atoms with Gasteiger partial charge in [-0.1, -0.05) is 12.8 Å². The third-order valence-electron chi connectivity index (χ3n) is 5.06. The highest BCUT2D eigenvalue weighted by Gasteiger charge is 2.23. The molecule has 3 rings (SSSR count). The van der Waals surface area contributed by atoms with Crippen molar-refractivity contribution in [2.45, 2.75) is 69.9 Å². The fourth-order valence-electron chi connectivity index (χ4n) is 3.48. The van der Waals surface area contributed by atoms with Crippen molar-refractivity contribution < 1.29 is 9.90 Å². The summed E-state index contributed by atoms with van der Waals surface area (Å²) in [5.74, 6) is 0.449. The zero-order chi connectivity index (χ0) is 16.2. The van der Waals surface area contributed by atoms with Crippen LogP contribution in [0.15, 0.2) is 6.20 Å². The highest BCUT2D eigenvalue weighted by atomic mass is 16.3. The van der Waals surface area contributed by atoms with Crippen molar-refractivity contribution in [3.05, 3.63) is 17.5 Å². The van der Waals surface area contributed by atoms with E-state index < -0.39 is 5.91 Å². The molecule has 2 fully saturated rings. The molecule has 0 radical (unpaired) electrons. The molecule has 0 aliphatic heterocycles. The Kier molecular flexibility index (Phi) is 5.10. The molecular weight excluding hydrogens is 292 g/mol. The Balaban J connectivity index is 1.76. The Morgan fingerprint density at radius 1 is 1.26 bits per heavy atom. The molecule has 0 unspecified atom stereocenters. The second-order valence-corrected chi connectivity index (χ2v) is 6.93. The Bertz CT molecular complexity index is 560. The second-order valence-electron chi connectivity index (χ2n) is 6.93. The van der Waals surface area contributed by atoms with Crippen LogP contribution in [0.5, 0.6) is 0 Å². The van der Waals surface area contributed by atoms with E-state index in [1.807, 2.05) is 0 Å². The first kappa shape index (κ1) is 16.2. The largest absolute Gasteiger partial charge is 0.393 e. The molecule has 2 aliphatic carbocycles. The highest BCUT2D eigenvalue weighted by molar-refractivity contribution is 5.93. The summed E-state index contributed by atoms with van der Waals surface area (Å²) in [6.45, 7) is 0. The van der Waals surface area contributed by atoms with Gasteiger partial charge in [0, 0.05) is 12.2 Å². The zero-order valence-corrected chi connectivity index (χ0v) is 13.5. The number of aliphatic hydroxyl groups excluding tert-OH is 1. The van der Waals surface area contributed by atoms with E-state index in [-0.39, 0.29) is 6.10 Å². The van der Waals surface area contributed by atoms with Crippen LogP contribution in [0, 0.1) is 5.92 Å². The predicted octanol–water partition coefficient (Wildman–Crippen LogP) is 2.02. The molecule has 1 aromatic heterocycles. The maximum absolute atomic E-state index is 11.7. The highest BCUT2D eigenvalue weighted by Crippen LogP contribution is 2.27. The Morgan fingerprint density at radius 3 is 2.74 bits per heavy atom. The molecule has 1 amide bonds. The van der Waals surface area contributed by atoms with E-state index in [9.17, 15) is 9.90 Å². The van der Waals surface area contributed by atoms with E-state index in [4.69, 9.17) is 5.73 Å². The van der Waals surface area contributed by atoms with Crippen LogP contribution in [0.3, 0.4) is 0 Å². The summed E-state index contributed by atoms with van der Waals surface area (Å²) in [4.78, 5) is 20.5. The molecule has 4 N–H and O–H groups in total. The van der Waals surface area contributed by atoms with Crippen LogP contribution in [0.2, 0.25) is 0 Å². The summed E-state index contributed by atoms with van der Waals surface area (Å²) < 4.78 is 0. The predicted molar refractivity (Wildman–Crippen MR) is 88.1 cm³/mol. The molecule has 1 heterocycles. The molecular formula is C17H26N4O2. The van der Waals surface area contributed by atoms with Crippen LogP contribution in [0.1, 0.15) is 67.4 Å². The van der Waals surface area contributed by atoms with Crippen LogP contribution in [-0.2, 0) is 6.42 Å². The Labute approximate surface area is 136 Å². The van der Waals surface area contributed by atoms with Crippen LogP contribution in [0.25, 0.3) is 0 Å². The van der Waals surface area contributed by atoms with Crippen LogP contribution in [0.4, 0.5) is 5.95 Å². The summed E-state index contributed by atoms with van der Waals surface area (Å²) in [7, 11) is 0. The van der Waals surface area contributed by atoms with Crippen molar-refractivity contribution in [1.29, 1.82) is 0 Å². The van der Waals surface area contributed by atoms with Crippen molar-refractivity contribution in [3.8, 4) is 0 Å². The first-order chi connectivity index (χ1) is 11.1. The maximum atomic E-state index is 11.7. The monoisotopic (exact) mass is 318 g/mol. The number of rotatable bonds is 5. The molecule has 0 bridgehead atoms. The van der Waals surface area contributed by atoms with E-state index in [1.165, 1.54) is 6.42 Å². The van der Waals surface area contributed by atoms with Crippen LogP contribution >= 0.6 is 0 Å². The SMILES string of the molecule is NC(=O)c1cnc(NC2CCC2)nc1C[C@@H]1CCCC[C@H](O)C1. The fourth-order valence-corrected chi connectivity index (χ4v) is 3.48. The van der Waals surface area contributed by atoms with Crippen molar-refractivity contribution in [2.24, 2.45) is 11.7 Å². The van der Waals surface area contributed by atoms with Crippen molar-refractivity contribution in [3.63, 3.8) is 0 Å². The minimum Gasteiger partial charge on any atom is -0.393 e.